The minimum atomic E-state index is -3.72. The molecule has 1 amide bonds. The van der Waals surface area contributed by atoms with Crippen LogP contribution in [0.2, 0.25) is 0 Å². The van der Waals surface area contributed by atoms with Gasteiger partial charge in [-0.1, -0.05) is 25.3 Å². The van der Waals surface area contributed by atoms with Gasteiger partial charge in [-0.25, -0.2) is 8.42 Å². The molecule has 27 heavy (non-hydrogen) atoms. The van der Waals surface area contributed by atoms with Gasteiger partial charge >= 0.3 is 5.97 Å². The highest BCUT2D eigenvalue weighted by atomic mass is 32.2. The minimum Gasteiger partial charge on any atom is -0.480 e. The maximum atomic E-state index is 13.0. The first-order valence-corrected chi connectivity index (χ1v) is 10.7. The Morgan fingerprint density at radius 1 is 1.19 bits per heavy atom. The second kappa shape index (κ2) is 8.84. The Kier molecular flexibility index (Phi) is 7.00. The lowest BCUT2D eigenvalue weighted by atomic mass is 9.96. The highest BCUT2D eigenvalue weighted by Gasteiger charge is 2.30. The van der Waals surface area contributed by atoms with Crippen LogP contribution in [0, 0.1) is 0 Å². The van der Waals surface area contributed by atoms with Crippen LogP contribution in [-0.4, -0.2) is 60.3 Å². The van der Waals surface area contributed by atoms with E-state index in [4.69, 9.17) is 5.11 Å². The Bertz CT molecular complexity index is 785. The summed E-state index contributed by atoms with van der Waals surface area (Å²) in [5.41, 5.74) is 0.170. The van der Waals surface area contributed by atoms with E-state index < -0.39 is 28.4 Å². The molecule has 1 aromatic carbocycles. The first kappa shape index (κ1) is 21.4. The Labute approximate surface area is 161 Å². The molecule has 1 fully saturated rings. The standard InChI is InChI=1S/C19H28N2O5S/c1-14(2)21(13-18(22)23)19(24)15-8-7-11-17(12-15)27(25,26)20(3)16-9-5-4-6-10-16/h7-8,11-12,14,16H,4-6,9-10,13H2,1-3H3,(H,22,23). The van der Waals surface area contributed by atoms with E-state index in [2.05, 4.69) is 0 Å². The van der Waals surface area contributed by atoms with Crippen LogP contribution in [0.25, 0.3) is 0 Å². The Morgan fingerprint density at radius 3 is 2.37 bits per heavy atom. The Balaban J connectivity index is 2.30. The van der Waals surface area contributed by atoms with Crippen LogP contribution in [0.5, 0.6) is 0 Å². The molecule has 1 N–H and O–H groups in total. The quantitative estimate of drug-likeness (QED) is 0.764. The summed E-state index contributed by atoms with van der Waals surface area (Å²) in [4.78, 5) is 25.0. The van der Waals surface area contributed by atoms with Crippen LogP contribution in [-0.2, 0) is 14.8 Å². The van der Waals surface area contributed by atoms with Crippen molar-refractivity contribution in [1.29, 1.82) is 0 Å². The number of carboxylic acids is 1. The van der Waals surface area contributed by atoms with Crippen molar-refractivity contribution in [3.8, 4) is 0 Å². The van der Waals surface area contributed by atoms with Crippen molar-refractivity contribution in [2.24, 2.45) is 0 Å². The van der Waals surface area contributed by atoms with Crippen molar-refractivity contribution >= 4 is 21.9 Å². The molecule has 0 bridgehead atoms. The van der Waals surface area contributed by atoms with Crippen molar-refractivity contribution in [2.75, 3.05) is 13.6 Å². The van der Waals surface area contributed by atoms with Gasteiger partial charge in [0, 0.05) is 24.7 Å². The summed E-state index contributed by atoms with van der Waals surface area (Å²) >= 11 is 0. The third-order valence-electron chi connectivity index (χ3n) is 5.04. The second-order valence-corrected chi connectivity index (χ2v) is 9.26. The average molecular weight is 397 g/mol. The average Bonchev–Trinajstić information content (AvgIpc) is 2.65. The van der Waals surface area contributed by atoms with E-state index in [0.29, 0.717) is 0 Å². The summed E-state index contributed by atoms with van der Waals surface area (Å²) in [5.74, 6) is -1.61. The predicted molar refractivity (Wildman–Crippen MR) is 102 cm³/mol. The molecule has 0 atom stereocenters. The summed E-state index contributed by atoms with van der Waals surface area (Å²) in [7, 11) is -2.13. The molecular formula is C19H28N2O5S. The fourth-order valence-electron chi connectivity index (χ4n) is 3.40. The van der Waals surface area contributed by atoms with Crippen molar-refractivity contribution in [1.82, 2.24) is 9.21 Å². The summed E-state index contributed by atoms with van der Waals surface area (Å²) in [6.07, 6.45) is 4.84. The molecule has 1 aliphatic rings. The van der Waals surface area contributed by atoms with E-state index >= 15 is 0 Å². The number of sulfonamides is 1. The molecule has 7 nitrogen and oxygen atoms in total. The molecule has 0 radical (unpaired) electrons. The van der Waals surface area contributed by atoms with E-state index in [-0.39, 0.29) is 22.5 Å². The number of carbonyl (C=O) groups excluding carboxylic acids is 1. The van der Waals surface area contributed by atoms with Crippen LogP contribution >= 0.6 is 0 Å². The topological polar surface area (TPSA) is 95.0 Å². The van der Waals surface area contributed by atoms with Crippen molar-refractivity contribution in [3.05, 3.63) is 29.8 Å². The van der Waals surface area contributed by atoms with Gasteiger partial charge in [-0.3, -0.25) is 9.59 Å². The van der Waals surface area contributed by atoms with Gasteiger partial charge < -0.3 is 10.0 Å². The smallest absolute Gasteiger partial charge is 0.323 e. The number of nitrogens with zero attached hydrogens (tertiary/aromatic N) is 2. The fourth-order valence-corrected chi connectivity index (χ4v) is 4.86. The minimum absolute atomic E-state index is 0.0257. The zero-order chi connectivity index (χ0) is 20.2. The number of carboxylic acid groups (broad SMARTS) is 1. The number of carbonyl (C=O) groups is 2. The normalized spacial score (nSPS) is 15.9. The number of benzene rings is 1. The first-order chi connectivity index (χ1) is 12.6. The largest absolute Gasteiger partial charge is 0.480 e. The van der Waals surface area contributed by atoms with Crippen LogP contribution in [0.1, 0.15) is 56.3 Å². The van der Waals surface area contributed by atoms with Gasteiger partial charge in [0.25, 0.3) is 5.91 Å². The molecule has 0 unspecified atom stereocenters. The fraction of sp³-hybridized carbons (Fsp3) is 0.579. The van der Waals surface area contributed by atoms with E-state index in [1.807, 2.05) is 0 Å². The lowest BCUT2D eigenvalue weighted by Crippen LogP contribution is -2.41. The van der Waals surface area contributed by atoms with Gasteiger partial charge in [-0.2, -0.15) is 4.31 Å². The molecule has 1 saturated carbocycles. The van der Waals surface area contributed by atoms with E-state index in [0.717, 1.165) is 32.1 Å². The van der Waals surface area contributed by atoms with Crippen LogP contribution in [0.15, 0.2) is 29.2 Å². The SMILES string of the molecule is CC(C)N(CC(=O)O)C(=O)c1cccc(S(=O)(=O)N(C)C2CCCCC2)c1. The zero-order valence-corrected chi connectivity index (χ0v) is 16.9. The van der Waals surface area contributed by atoms with E-state index in [1.54, 1.807) is 20.9 Å². The predicted octanol–water partition coefficient (Wildman–Crippen LogP) is 2.58. The summed E-state index contributed by atoms with van der Waals surface area (Å²) in [6.45, 7) is 3.01. The van der Waals surface area contributed by atoms with E-state index in [9.17, 15) is 18.0 Å². The van der Waals surface area contributed by atoms with Crippen LogP contribution in [0.4, 0.5) is 0 Å². The summed E-state index contributed by atoms with van der Waals surface area (Å²) in [6, 6.07) is 5.50. The molecular weight excluding hydrogens is 368 g/mol. The maximum absolute atomic E-state index is 13.0. The highest BCUT2D eigenvalue weighted by molar-refractivity contribution is 7.89. The lowest BCUT2D eigenvalue weighted by molar-refractivity contribution is -0.138. The molecule has 150 valence electrons. The number of amides is 1. The number of aliphatic carboxylic acids is 1. The summed E-state index contributed by atoms with van der Waals surface area (Å²) < 4.78 is 27.4. The summed E-state index contributed by atoms with van der Waals surface area (Å²) in [5, 5.41) is 9.03. The van der Waals surface area contributed by atoms with Crippen molar-refractivity contribution in [2.45, 2.75) is 62.9 Å². The van der Waals surface area contributed by atoms with Gasteiger partial charge in [-0.05, 0) is 44.9 Å². The zero-order valence-electron chi connectivity index (χ0n) is 16.1. The molecule has 0 aromatic heterocycles. The molecule has 0 aliphatic heterocycles. The third-order valence-corrected chi connectivity index (χ3v) is 6.94. The van der Waals surface area contributed by atoms with E-state index in [1.165, 1.54) is 33.5 Å². The van der Waals surface area contributed by atoms with Crippen LogP contribution < -0.4 is 0 Å². The molecule has 1 aliphatic carbocycles. The third kappa shape index (κ3) is 5.07. The Morgan fingerprint density at radius 2 is 1.81 bits per heavy atom. The van der Waals surface area contributed by atoms with Gasteiger partial charge in [0.05, 0.1) is 4.90 Å². The number of hydrogen-bond acceptors (Lipinski definition) is 4. The van der Waals surface area contributed by atoms with Gasteiger partial charge in [0.2, 0.25) is 10.0 Å². The molecule has 2 rings (SSSR count). The van der Waals surface area contributed by atoms with Crippen molar-refractivity contribution in [3.63, 3.8) is 0 Å². The van der Waals surface area contributed by atoms with Gasteiger partial charge in [0.1, 0.15) is 6.54 Å². The molecule has 0 spiro atoms. The Hall–Kier alpha value is -1.93. The molecule has 0 saturated heterocycles. The number of rotatable bonds is 7. The molecule has 1 aromatic rings. The highest BCUT2D eigenvalue weighted by Crippen LogP contribution is 2.27. The van der Waals surface area contributed by atoms with Crippen LogP contribution in [0.3, 0.4) is 0 Å². The van der Waals surface area contributed by atoms with Gasteiger partial charge in [-0.15, -0.1) is 0 Å². The first-order valence-electron chi connectivity index (χ1n) is 9.25. The van der Waals surface area contributed by atoms with Gasteiger partial charge in [0.15, 0.2) is 0 Å². The number of hydrogen-bond donors (Lipinski definition) is 1. The lowest BCUT2D eigenvalue weighted by Gasteiger charge is -2.30. The maximum Gasteiger partial charge on any atom is 0.323 e. The second-order valence-electron chi connectivity index (χ2n) is 7.26. The monoisotopic (exact) mass is 396 g/mol. The molecule has 0 heterocycles. The molecule has 8 heteroatoms. The van der Waals surface area contributed by atoms with Crippen molar-refractivity contribution < 1.29 is 23.1 Å².